The minimum Gasteiger partial charge on any atom is -0.480 e. The molecule has 0 aliphatic heterocycles. The number of hydrogen-bond acceptors (Lipinski definition) is 2. The fourth-order valence-electron chi connectivity index (χ4n) is 2.93. The van der Waals surface area contributed by atoms with Crippen molar-refractivity contribution in [1.82, 2.24) is 0 Å². The topological polar surface area (TPSA) is 54.4 Å². The molecule has 0 aliphatic carbocycles. The van der Waals surface area contributed by atoms with E-state index in [-0.39, 0.29) is 0 Å². The largest absolute Gasteiger partial charge is 0.480 e. The predicted molar refractivity (Wildman–Crippen MR) is 106 cm³/mol. The molecule has 0 bridgehead atoms. The number of carboxylic acid groups (broad SMARTS) is 1. The van der Waals surface area contributed by atoms with E-state index >= 15 is 0 Å². The molecule has 3 heteroatoms. The van der Waals surface area contributed by atoms with Crippen molar-refractivity contribution in [3.8, 4) is 0 Å². The molecule has 0 saturated carbocycles. The van der Waals surface area contributed by atoms with Crippen LogP contribution in [0.25, 0.3) is 0 Å². The number of allylic oxidation sites excluding steroid dienone is 3. The summed E-state index contributed by atoms with van der Waals surface area (Å²) in [6.07, 6.45) is 20.4. The van der Waals surface area contributed by atoms with Gasteiger partial charge in [0.1, 0.15) is 5.41 Å². The summed E-state index contributed by atoms with van der Waals surface area (Å²) in [4.78, 5) is 23.0. The van der Waals surface area contributed by atoms with E-state index in [1.54, 1.807) is 0 Å². The van der Waals surface area contributed by atoms with Crippen molar-refractivity contribution < 1.29 is 14.7 Å². The monoisotopic (exact) mass is 350 g/mol. The molecule has 144 valence electrons. The van der Waals surface area contributed by atoms with Crippen molar-refractivity contribution in [3.63, 3.8) is 0 Å². The van der Waals surface area contributed by atoms with E-state index < -0.39 is 17.2 Å². The lowest BCUT2D eigenvalue weighted by Gasteiger charge is -2.21. The van der Waals surface area contributed by atoms with E-state index in [4.69, 9.17) is 0 Å². The van der Waals surface area contributed by atoms with Crippen LogP contribution in [0.3, 0.4) is 0 Å². The van der Waals surface area contributed by atoms with Gasteiger partial charge in [-0.05, 0) is 45.1 Å². The number of unbranched alkanes of at least 4 members (excludes halogenated alkanes) is 10. The fraction of sp³-hybridized carbons (Fsp3) is 0.727. The molecule has 0 amide bonds. The SMILES string of the molecule is C=CC(=O)C(C)(CCCCCC/C=C\CCCCCCCC)C(=O)O. The molecule has 1 unspecified atom stereocenters. The Morgan fingerprint density at radius 1 is 0.880 bits per heavy atom. The molecule has 0 aromatic carbocycles. The van der Waals surface area contributed by atoms with Crippen LogP contribution in [-0.4, -0.2) is 16.9 Å². The Balaban J connectivity index is 3.63. The zero-order valence-corrected chi connectivity index (χ0v) is 16.4. The summed E-state index contributed by atoms with van der Waals surface area (Å²) < 4.78 is 0. The van der Waals surface area contributed by atoms with Gasteiger partial charge in [0.05, 0.1) is 0 Å². The smallest absolute Gasteiger partial charge is 0.317 e. The van der Waals surface area contributed by atoms with Gasteiger partial charge < -0.3 is 5.11 Å². The summed E-state index contributed by atoms with van der Waals surface area (Å²) in [5, 5.41) is 9.26. The molecule has 0 aromatic rings. The van der Waals surface area contributed by atoms with Crippen molar-refractivity contribution >= 4 is 11.8 Å². The average molecular weight is 351 g/mol. The minimum atomic E-state index is -1.31. The fourth-order valence-corrected chi connectivity index (χ4v) is 2.93. The molecule has 0 rings (SSSR count). The van der Waals surface area contributed by atoms with E-state index in [0.29, 0.717) is 6.42 Å². The highest BCUT2D eigenvalue weighted by Crippen LogP contribution is 2.27. The summed E-state index contributed by atoms with van der Waals surface area (Å²) in [5.41, 5.74) is -1.31. The number of ketones is 1. The minimum absolute atomic E-state index is 0.390. The van der Waals surface area contributed by atoms with Crippen LogP contribution in [0.5, 0.6) is 0 Å². The second-order valence-corrected chi connectivity index (χ2v) is 7.19. The second-order valence-electron chi connectivity index (χ2n) is 7.19. The molecule has 3 nitrogen and oxygen atoms in total. The molecule has 1 atom stereocenters. The summed E-state index contributed by atoms with van der Waals surface area (Å²) in [5.74, 6) is -1.44. The third-order valence-electron chi connectivity index (χ3n) is 4.89. The first kappa shape index (κ1) is 23.6. The van der Waals surface area contributed by atoms with Gasteiger partial charge in [-0.15, -0.1) is 0 Å². The van der Waals surface area contributed by atoms with Gasteiger partial charge in [-0.2, -0.15) is 0 Å². The van der Waals surface area contributed by atoms with Crippen LogP contribution in [0.15, 0.2) is 24.8 Å². The molecular formula is C22H38O3. The van der Waals surface area contributed by atoms with Crippen LogP contribution in [0, 0.1) is 5.41 Å². The Morgan fingerprint density at radius 3 is 1.84 bits per heavy atom. The van der Waals surface area contributed by atoms with Crippen LogP contribution in [0.1, 0.15) is 97.3 Å². The van der Waals surface area contributed by atoms with Crippen molar-refractivity contribution in [2.75, 3.05) is 0 Å². The molecular weight excluding hydrogens is 312 g/mol. The van der Waals surface area contributed by atoms with Crippen molar-refractivity contribution in [2.45, 2.75) is 97.3 Å². The second kappa shape index (κ2) is 14.9. The number of rotatable bonds is 17. The summed E-state index contributed by atoms with van der Waals surface area (Å²) >= 11 is 0. The molecule has 0 spiro atoms. The van der Waals surface area contributed by atoms with Crippen LogP contribution in [0.4, 0.5) is 0 Å². The van der Waals surface area contributed by atoms with E-state index in [2.05, 4.69) is 25.7 Å². The Morgan fingerprint density at radius 2 is 1.36 bits per heavy atom. The number of carbonyl (C=O) groups is 2. The third kappa shape index (κ3) is 11.0. The van der Waals surface area contributed by atoms with Gasteiger partial charge in [0.2, 0.25) is 0 Å². The molecule has 0 radical (unpaired) electrons. The zero-order valence-electron chi connectivity index (χ0n) is 16.4. The molecule has 1 N–H and O–H groups in total. The van der Waals surface area contributed by atoms with Crippen molar-refractivity contribution in [3.05, 3.63) is 24.8 Å². The van der Waals surface area contributed by atoms with Gasteiger partial charge in [0.15, 0.2) is 5.78 Å². The van der Waals surface area contributed by atoms with Crippen LogP contribution in [-0.2, 0) is 9.59 Å². The maximum absolute atomic E-state index is 11.7. The van der Waals surface area contributed by atoms with E-state index in [1.807, 2.05) is 0 Å². The molecule has 0 aromatic heterocycles. The summed E-state index contributed by atoms with van der Waals surface area (Å²) in [7, 11) is 0. The number of hydrogen-bond donors (Lipinski definition) is 1. The molecule has 0 aliphatic rings. The molecule has 0 fully saturated rings. The van der Waals surface area contributed by atoms with Gasteiger partial charge in [-0.1, -0.05) is 77.0 Å². The van der Waals surface area contributed by atoms with Gasteiger partial charge in [-0.3, -0.25) is 9.59 Å². The standard InChI is InChI=1S/C22H38O3/c1-4-6-7-8-9-10-11-12-13-14-15-16-17-18-19-22(3,21(24)25)20(23)5-2/h5,12-13H,2,4,6-11,14-19H2,1,3H3,(H,24,25)/b13-12-. The highest BCUT2D eigenvalue weighted by atomic mass is 16.4. The number of carboxylic acids is 1. The Labute approximate surface area is 154 Å². The molecule has 25 heavy (non-hydrogen) atoms. The lowest BCUT2D eigenvalue weighted by atomic mass is 9.80. The third-order valence-corrected chi connectivity index (χ3v) is 4.89. The van der Waals surface area contributed by atoms with Gasteiger partial charge in [0, 0.05) is 0 Å². The van der Waals surface area contributed by atoms with E-state index in [0.717, 1.165) is 38.2 Å². The van der Waals surface area contributed by atoms with Crippen LogP contribution >= 0.6 is 0 Å². The quantitative estimate of drug-likeness (QED) is 0.141. The Bertz CT molecular complexity index is 411. The maximum Gasteiger partial charge on any atom is 0.317 e. The zero-order chi connectivity index (χ0) is 19.0. The van der Waals surface area contributed by atoms with E-state index in [9.17, 15) is 14.7 Å². The van der Waals surface area contributed by atoms with Crippen LogP contribution < -0.4 is 0 Å². The lowest BCUT2D eigenvalue weighted by Crippen LogP contribution is -2.35. The van der Waals surface area contributed by atoms with Crippen LogP contribution in [0.2, 0.25) is 0 Å². The van der Waals surface area contributed by atoms with Crippen molar-refractivity contribution in [2.24, 2.45) is 5.41 Å². The normalized spacial score (nSPS) is 13.7. The Kier molecular flexibility index (Phi) is 14.1. The number of aliphatic carboxylic acids is 1. The van der Waals surface area contributed by atoms with E-state index in [1.165, 1.54) is 51.9 Å². The predicted octanol–water partition coefficient (Wildman–Crippen LogP) is 6.48. The maximum atomic E-state index is 11.7. The van der Waals surface area contributed by atoms with Gasteiger partial charge in [0.25, 0.3) is 0 Å². The van der Waals surface area contributed by atoms with Gasteiger partial charge >= 0.3 is 5.97 Å². The molecule has 0 heterocycles. The van der Waals surface area contributed by atoms with Gasteiger partial charge in [-0.25, -0.2) is 0 Å². The average Bonchev–Trinajstić information content (AvgIpc) is 2.60. The first-order valence-electron chi connectivity index (χ1n) is 10.0. The number of carbonyl (C=O) groups excluding carboxylic acids is 1. The van der Waals surface area contributed by atoms with Crippen molar-refractivity contribution in [1.29, 1.82) is 0 Å². The summed E-state index contributed by atoms with van der Waals surface area (Å²) in [6, 6.07) is 0. The summed E-state index contributed by atoms with van der Waals surface area (Å²) in [6.45, 7) is 7.16. The molecule has 0 saturated heterocycles. The lowest BCUT2D eigenvalue weighted by molar-refractivity contribution is -0.152. The Hall–Kier alpha value is -1.38. The highest BCUT2D eigenvalue weighted by molar-refractivity contribution is 6.07. The highest BCUT2D eigenvalue weighted by Gasteiger charge is 2.38. The first-order valence-corrected chi connectivity index (χ1v) is 10.0. The first-order chi connectivity index (χ1) is 12.0.